The molecule has 0 radical (unpaired) electrons. The van der Waals surface area contributed by atoms with Crippen molar-refractivity contribution in [3.63, 3.8) is 0 Å². The maximum absolute atomic E-state index is 11.6. The minimum absolute atomic E-state index is 0.0185. The molecule has 0 saturated heterocycles. The number of methoxy groups -OCH3 is 1. The molecule has 5 nitrogen and oxygen atoms in total. The fourth-order valence-electron chi connectivity index (χ4n) is 5.22. The van der Waals surface area contributed by atoms with Crippen molar-refractivity contribution in [3.05, 3.63) is 92.0 Å². The van der Waals surface area contributed by atoms with Crippen molar-refractivity contribution in [2.24, 2.45) is 5.92 Å². The Morgan fingerprint density at radius 1 is 1.09 bits per heavy atom. The molecular weight excluding hydrogens is 515 g/mol. The zero-order valence-electron chi connectivity index (χ0n) is 18.1. The fraction of sp³-hybridized carbons (Fsp3) is 0.280. The van der Waals surface area contributed by atoms with Gasteiger partial charge in [0.25, 0.3) is 5.69 Å². The summed E-state index contributed by atoms with van der Waals surface area (Å²) < 4.78 is 5.65. The number of hydrogen-bond acceptors (Lipinski definition) is 5. The molecule has 1 N–H and O–H groups in total. The van der Waals surface area contributed by atoms with Gasteiger partial charge >= 0.3 is 0 Å². The lowest BCUT2D eigenvalue weighted by atomic mass is 9.77. The Balaban J connectivity index is 1.57. The van der Waals surface area contributed by atoms with Crippen LogP contribution >= 0.6 is 46.6 Å². The molecule has 2 aliphatic rings. The van der Waals surface area contributed by atoms with Crippen molar-refractivity contribution in [1.82, 2.24) is 0 Å². The Labute approximate surface area is 216 Å². The zero-order valence-corrected chi connectivity index (χ0v) is 21.2. The van der Waals surface area contributed by atoms with Crippen LogP contribution in [0, 0.1) is 16.0 Å². The van der Waals surface area contributed by atoms with Crippen LogP contribution in [0.25, 0.3) is 0 Å². The number of nitro benzene ring substituents is 1. The first kappa shape index (κ1) is 23.6. The molecule has 34 heavy (non-hydrogen) atoms. The summed E-state index contributed by atoms with van der Waals surface area (Å²) >= 11 is 21.5. The third kappa shape index (κ3) is 4.11. The summed E-state index contributed by atoms with van der Waals surface area (Å²) in [5.41, 5.74) is 3.04. The Hall–Kier alpha value is -2.12. The Morgan fingerprint density at radius 3 is 2.62 bits per heavy atom. The van der Waals surface area contributed by atoms with Gasteiger partial charge in [-0.1, -0.05) is 53.5 Å². The number of nitrogens with zero attached hydrogens (tertiary/aromatic N) is 1. The molecule has 3 aromatic rings. The van der Waals surface area contributed by atoms with Crippen LogP contribution in [-0.4, -0.2) is 22.7 Å². The smallest absolute Gasteiger partial charge is 0.282 e. The first-order valence-corrected chi connectivity index (χ1v) is 12.9. The van der Waals surface area contributed by atoms with Gasteiger partial charge in [-0.2, -0.15) is 0 Å². The van der Waals surface area contributed by atoms with Gasteiger partial charge in [-0.3, -0.25) is 10.1 Å². The van der Waals surface area contributed by atoms with E-state index in [-0.39, 0.29) is 39.1 Å². The number of rotatable bonds is 5. The molecule has 5 rings (SSSR count). The molecule has 9 heteroatoms. The fourth-order valence-corrected chi connectivity index (χ4v) is 7.69. The number of nitro groups is 1. The third-order valence-corrected chi connectivity index (χ3v) is 9.34. The third-order valence-electron chi connectivity index (χ3n) is 6.67. The van der Waals surface area contributed by atoms with E-state index < -0.39 is 0 Å². The van der Waals surface area contributed by atoms with Gasteiger partial charge in [-0.05, 0) is 47.7 Å². The number of ether oxygens (including phenoxy) is 1. The quantitative estimate of drug-likeness (QED) is 0.204. The lowest BCUT2D eigenvalue weighted by molar-refractivity contribution is -0.387. The van der Waals surface area contributed by atoms with Crippen LogP contribution in [0.5, 0.6) is 5.75 Å². The summed E-state index contributed by atoms with van der Waals surface area (Å²) in [6.45, 7) is 0. The van der Waals surface area contributed by atoms with Gasteiger partial charge < -0.3 is 10.1 Å². The molecule has 1 aliphatic carbocycles. The first-order chi connectivity index (χ1) is 16.4. The van der Waals surface area contributed by atoms with E-state index in [1.54, 1.807) is 25.3 Å². The van der Waals surface area contributed by atoms with Crippen molar-refractivity contribution in [3.8, 4) is 5.75 Å². The molecule has 0 aromatic heterocycles. The number of fused-ring (bicyclic) bond motifs is 3. The summed E-state index contributed by atoms with van der Waals surface area (Å²) in [6.07, 6.45) is 0.767. The van der Waals surface area contributed by atoms with Gasteiger partial charge in [0.2, 0.25) is 0 Å². The summed E-state index contributed by atoms with van der Waals surface area (Å²) in [4.78, 5) is 11.9. The van der Waals surface area contributed by atoms with Crippen molar-refractivity contribution in [2.75, 3.05) is 12.4 Å². The molecule has 1 aliphatic heterocycles. The normalized spacial score (nSPS) is 25.2. The number of benzene rings is 3. The SMILES string of the molecule is COc1cccc2c1NC(c1ccc(Cl)cc1Cl)C1CC(Sc3ccccc3[N+](=O)[O-])C(Cl)C21. The number of alkyl halides is 1. The second-order valence-electron chi connectivity index (χ2n) is 8.46. The van der Waals surface area contributed by atoms with E-state index in [1.165, 1.54) is 17.8 Å². The molecule has 0 amide bonds. The van der Waals surface area contributed by atoms with E-state index in [0.29, 0.717) is 14.9 Å². The van der Waals surface area contributed by atoms with Crippen LogP contribution in [0.4, 0.5) is 11.4 Å². The highest BCUT2D eigenvalue weighted by molar-refractivity contribution is 8.00. The molecule has 1 fully saturated rings. The highest BCUT2D eigenvalue weighted by Gasteiger charge is 2.51. The predicted molar refractivity (Wildman–Crippen MR) is 139 cm³/mol. The summed E-state index contributed by atoms with van der Waals surface area (Å²) in [7, 11) is 1.65. The maximum Gasteiger partial charge on any atom is 0.282 e. The summed E-state index contributed by atoms with van der Waals surface area (Å²) in [5, 5.41) is 16.1. The number of thioether (sulfide) groups is 1. The van der Waals surface area contributed by atoms with Crippen LogP contribution in [0.2, 0.25) is 10.0 Å². The second-order valence-corrected chi connectivity index (χ2v) is 11.1. The van der Waals surface area contributed by atoms with Crippen LogP contribution in [0.1, 0.15) is 29.5 Å². The maximum atomic E-state index is 11.6. The predicted octanol–water partition coefficient (Wildman–Crippen LogP) is 7.95. The van der Waals surface area contributed by atoms with Gasteiger partial charge in [0.1, 0.15) is 5.75 Å². The van der Waals surface area contributed by atoms with E-state index in [0.717, 1.165) is 29.0 Å². The molecule has 5 unspecified atom stereocenters. The summed E-state index contributed by atoms with van der Waals surface area (Å²) in [5.74, 6) is 0.885. The standard InChI is InChI=1S/C25H21Cl3N2O3S/c1-33-19-7-4-5-15-22-16(24(29-25(15)19)14-10-9-13(26)11-17(14)27)12-21(23(22)28)34-20-8-3-2-6-18(20)30(31)32/h2-11,16,21-24,29H,12H2,1H3. The molecule has 3 aromatic carbocycles. The van der Waals surface area contributed by atoms with Crippen LogP contribution in [0.3, 0.4) is 0 Å². The Bertz CT molecular complexity index is 1260. The van der Waals surface area contributed by atoms with Gasteiger partial charge in [0.15, 0.2) is 0 Å². The molecule has 176 valence electrons. The highest BCUT2D eigenvalue weighted by atomic mass is 35.5. The van der Waals surface area contributed by atoms with Gasteiger partial charge in [0.05, 0.1) is 34.0 Å². The minimum atomic E-state index is -0.342. The minimum Gasteiger partial charge on any atom is -0.495 e. The van der Waals surface area contributed by atoms with Gasteiger partial charge in [-0.15, -0.1) is 23.4 Å². The molecule has 0 bridgehead atoms. The lowest BCUT2D eigenvalue weighted by Gasteiger charge is -2.39. The topological polar surface area (TPSA) is 64.4 Å². The Morgan fingerprint density at radius 2 is 1.88 bits per heavy atom. The first-order valence-electron chi connectivity index (χ1n) is 10.8. The number of hydrogen-bond donors (Lipinski definition) is 1. The van der Waals surface area contributed by atoms with E-state index in [4.69, 9.17) is 39.5 Å². The molecule has 0 spiro atoms. The van der Waals surface area contributed by atoms with Crippen LogP contribution in [0.15, 0.2) is 65.6 Å². The van der Waals surface area contributed by atoms with Crippen molar-refractivity contribution >= 4 is 57.9 Å². The van der Waals surface area contributed by atoms with E-state index >= 15 is 0 Å². The lowest BCUT2D eigenvalue weighted by Crippen LogP contribution is -2.31. The number of anilines is 1. The molecular formula is C25H21Cl3N2O3S. The van der Waals surface area contributed by atoms with E-state index in [1.807, 2.05) is 30.3 Å². The van der Waals surface area contributed by atoms with Gasteiger partial charge in [0, 0.05) is 27.3 Å². The number of nitrogens with one attached hydrogen (secondary N) is 1. The molecule has 1 heterocycles. The number of halogens is 3. The largest absolute Gasteiger partial charge is 0.495 e. The van der Waals surface area contributed by atoms with E-state index in [2.05, 4.69) is 11.4 Å². The highest BCUT2D eigenvalue weighted by Crippen LogP contribution is 2.59. The van der Waals surface area contributed by atoms with Crippen molar-refractivity contribution in [2.45, 2.75) is 33.9 Å². The van der Waals surface area contributed by atoms with E-state index in [9.17, 15) is 10.1 Å². The molecule has 1 saturated carbocycles. The average Bonchev–Trinajstić information content (AvgIpc) is 3.15. The zero-order chi connectivity index (χ0) is 24.0. The number of para-hydroxylation sites is 2. The molecule has 5 atom stereocenters. The summed E-state index contributed by atoms with van der Waals surface area (Å²) in [6, 6.07) is 18.2. The van der Waals surface area contributed by atoms with Crippen molar-refractivity contribution < 1.29 is 9.66 Å². The Kier molecular flexibility index (Phi) is 6.60. The average molecular weight is 536 g/mol. The van der Waals surface area contributed by atoms with Crippen LogP contribution in [-0.2, 0) is 0 Å². The van der Waals surface area contributed by atoms with Crippen LogP contribution < -0.4 is 10.1 Å². The van der Waals surface area contributed by atoms with Gasteiger partial charge in [-0.25, -0.2) is 0 Å². The second kappa shape index (κ2) is 9.50. The monoisotopic (exact) mass is 534 g/mol. The van der Waals surface area contributed by atoms with Crippen molar-refractivity contribution in [1.29, 1.82) is 0 Å².